The number of hydrogen-bond donors (Lipinski definition) is 1. The molecule has 2 aromatic carbocycles. The largest absolute Gasteiger partial charge is 0.433 e. The van der Waals surface area contributed by atoms with E-state index >= 15 is 0 Å². The maximum Gasteiger partial charge on any atom is 0.387 e. The Kier molecular flexibility index (Phi) is 3.65. The van der Waals surface area contributed by atoms with Crippen LogP contribution in [0.1, 0.15) is 0 Å². The molecule has 0 atom stereocenters. The first-order chi connectivity index (χ1) is 10.1. The van der Waals surface area contributed by atoms with Crippen molar-refractivity contribution >= 4 is 34.9 Å². The molecule has 1 aromatic heterocycles. The van der Waals surface area contributed by atoms with E-state index in [0.29, 0.717) is 21.0 Å². The highest BCUT2D eigenvalue weighted by Crippen LogP contribution is 2.31. The summed E-state index contributed by atoms with van der Waals surface area (Å²) >= 11 is 11.5. The number of imidazole rings is 1. The number of para-hydroxylation sites is 3. The lowest BCUT2D eigenvalue weighted by Gasteiger charge is -2.12. The van der Waals surface area contributed by atoms with Crippen LogP contribution in [-0.2, 0) is 0 Å². The lowest BCUT2D eigenvalue weighted by atomic mass is 10.2. The maximum absolute atomic E-state index is 12.5. The van der Waals surface area contributed by atoms with E-state index in [1.807, 2.05) is 6.07 Å². The highest BCUT2D eigenvalue weighted by atomic mass is 35.5. The molecule has 3 aromatic rings. The predicted molar refractivity (Wildman–Crippen MR) is 80.1 cm³/mol. The number of alkyl halides is 2. The van der Waals surface area contributed by atoms with E-state index in [-0.39, 0.29) is 5.75 Å². The van der Waals surface area contributed by atoms with Crippen LogP contribution in [-0.4, -0.2) is 16.2 Å². The molecule has 0 aliphatic heterocycles. The van der Waals surface area contributed by atoms with Gasteiger partial charge in [0.05, 0.1) is 21.7 Å². The van der Waals surface area contributed by atoms with Crippen molar-refractivity contribution < 1.29 is 13.5 Å². The van der Waals surface area contributed by atoms with E-state index in [2.05, 4.69) is 9.72 Å². The van der Waals surface area contributed by atoms with Crippen molar-refractivity contribution in [1.82, 2.24) is 9.55 Å². The zero-order valence-corrected chi connectivity index (χ0v) is 12.1. The third kappa shape index (κ3) is 2.52. The number of benzene rings is 2. The van der Waals surface area contributed by atoms with Gasteiger partial charge in [-0.1, -0.05) is 29.8 Å². The van der Waals surface area contributed by atoms with Crippen molar-refractivity contribution in [2.24, 2.45) is 0 Å². The fourth-order valence-electron chi connectivity index (χ4n) is 2.18. The summed E-state index contributed by atoms with van der Waals surface area (Å²) in [5, 5.41) is 0.465. The Morgan fingerprint density at radius 3 is 2.67 bits per heavy atom. The number of aromatic amines is 1. The van der Waals surface area contributed by atoms with Gasteiger partial charge in [-0.25, -0.2) is 0 Å². The standard InChI is InChI=1S/C14H9ClF2N2OS/c15-8-4-3-5-9-12(8)19(14(21)18-9)10-6-1-2-7-11(10)20-13(16)17/h1-7,13H,(H,18,21). The number of nitrogens with zero attached hydrogens (tertiary/aromatic N) is 1. The molecule has 7 heteroatoms. The number of rotatable bonds is 3. The van der Waals surface area contributed by atoms with Gasteiger partial charge >= 0.3 is 6.61 Å². The van der Waals surface area contributed by atoms with E-state index < -0.39 is 6.61 Å². The molecule has 108 valence electrons. The minimum Gasteiger partial charge on any atom is -0.433 e. The van der Waals surface area contributed by atoms with Crippen molar-refractivity contribution in [1.29, 1.82) is 0 Å². The monoisotopic (exact) mass is 326 g/mol. The van der Waals surface area contributed by atoms with E-state index in [1.54, 1.807) is 34.9 Å². The van der Waals surface area contributed by atoms with Gasteiger partial charge in [0.2, 0.25) is 0 Å². The van der Waals surface area contributed by atoms with Crippen LogP contribution in [0.15, 0.2) is 42.5 Å². The smallest absolute Gasteiger partial charge is 0.387 e. The third-order valence-electron chi connectivity index (χ3n) is 2.98. The van der Waals surface area contributed by atoms with Crippen molar-refractivity contribution in [3.63, 3.8) is 0 Å². The molecule has 0 bridgehead atoms. The third-order valence-corrected chi connectivity index (χ3v) is 3.57. The Hall–Kier alpha value is -1.92. The number of H-pyrrole nitrogens is 1. The SMILES string of the molecule is FC(F)Oc1ccccc1-n1c(=S)[nH]c2cccc(Cl)c21. The Morgan fingerprint density at radius 1 is 1.14 bits per heavy atom. The topological polar surface area (TPSA) is 29.9 Å². The quantitative estimate of drug-likeness (QED) is 0.691. The fraction of sp³-hybridized carbons (Fsp3) is 0.0714. The Morgan fingerprint density at radius 2 is 1.90 bits per heavy atom. The van der Waals surface area contributed by atoms with Gasteiger partial charge in [0.1, 0.15) is 5.75 Å². The van der Waals surface area contributed by atoms with Crippen LogP contribution < -0.4 is 4.74 Å². The van der Waals surface area contributed by atoms with Crippen molar-refractivity contribution in [2.75, 3.05) is 0 Å². The van der Waals surface area contributed by atoms with Gasteiger partial charge in [0, 0.05) is 0 Å². The van der Waals surface area contributed by atoms with E-state index in [4.69, 9.17) is 23.8 Å². The Balaban J connectivity index is 2.31. The molecule has 0 aliphatic carbocycles. The van der Waals surface area contributed by atoms with E-state index in [0.717, 1.165) is 5.52 Å². The molecule has 0 unspecified atom stereocenters. The molecule has 0 aliphatic rings. The number of halogens is 3. The number of hydrogen-bond acceptors (Lipinski definition) is 2. The predicted octanol–water partition coefficient (Wildman–Crippen LogP) is 4.94. The molecular formula is C14H9ClF2N2OS. The first kappa shape index (κ1) is 14.0. The number of ether oxygens (including phenoxy) is 1. The van der Waals surface area contributed by atoms with Crippen LogP contribution in [0.5, 0.6) is 5.75 Å². The van der Waals surface area contributed by atoms with Gasteiger partial charge in [0.15, 0.2) is 4.77 Å². The second kappa shape index (κ2) is 5.46. The molecule has 3 nitrogen and oxygen atoms in total. The van der Waals surface area contributed by atoms with Gasteiger partial charge in [-0.05, 0) is 36.5 Å². The van der Waals surface area contributed by atoms with Gasteiger partial charge in [-0.3, -0.25) is 4.57 Å². The maximum atomic E-state index is 12.5. The van der Waals surface area contributed by atoms with Crippen LogP contribution in [0.4, 0.5) is 8.78 Å². The summed E-state index contributed by atoms with van der Waals surface area (Å²) in [6.45, 7) is -2.92. The van der Waals surface area contributed by atoms with Crippen LogP contribution in [0.25, 0.3) is 16.7 Å². The van der Waals surface area contributed by atoms with Crippen LogP contribution in [0.2, 0.25) is 5.02 Å². The van der Waals surface area contributed by atoms with Crippen molar-refractivity contribution in [2.45, 2.75) is 6.61 Å². The first-order valence-corrected chi connectivity index (χ1v) is 6.80. The molecule has 21 heavy (non-hydrogen) atoms. The zero-order chi connectivity index (χ0) is 15.0. The van der Waals surface area contributed by atoms with Crippen molar-refractivity contribution in [3.8, 4) is 11.4 Å². The second-order valence-corrected chi connectivity index (χ2v) is 5.04. The molecule has 0 saturated heterocycles. The lowest BCUT2D eigenvalue weighted by molar-refractivity contribution is -0.0498. The number of fused-ring (bicyclic) bond motifs is 1. The summed E-state index contributed by atoms with van der Waals surface area (Å²) in [4.78, 5) is 3.00. The highest BCUT2D eigenvalue weighted by Gasteiger charge is 2.15. The molecular weight excluding hydrogens is 318 g/mol. The summed E-state index contributed by atoms with van der Waals surface area (Å²) in [6, 6.07) is 11.7. The van der Waals surface area contributed by atoms with Crippen LogP contribution in [0.3, 0.4) is 0 Å². The average Bonchev–Trinajstić information content (AvgIpc) is 2.76. The van der Waals surface area contributed by atoms with Gasteiger partial charge in [-0.2, -0.15) is 8.78 Å². The number of nitrogens with one attached hydrogen (secondary N) is 1. The van der Waals surface area contributed by atoms with Gasteiger partial charge < -0.3 is 9.72 Å². The lowest BCUT2D eigenvalue weighted by Crippen LogP contribution is -2.06. The molecule has 0 fully saturated rings. The second-order valence-electron chi connectivity index (χ2n) is 4.25. The summed E-state index contributed by atoms with van der Waals surface area (Å²) < 4.78 is 31.6. The van der Waals surface area contributed by atoms with E-state index in [1.165, 1.54) is 6.07 Å². The van der Waals surface area contributed by atoms with Crippen LogP contribution in [0, 0.1) is 4.77 Å². The average molecular weight is 327 g/mol. The Bertz CT molecular complexity index is 860. The molecule has 1 N–H and O–H groups in total. The highest BCUT2D eigenvalue weighted by molar-refractivity contribution is 7.71. The minimum absolute atomic E-state index is 0.0319. The van der Waals surface area contributed by atoms with Crippen molar-refractivity contribution in [3.05, 3.63) is 52.3 Å². The zero-order valence-electron chi connectivity index (χ0n) is 10.5. The van der Waals surface area contributed by atoms with Crippen LogP contribution >= 0.6 is 23.8 Å². The summed E-state index contributed by atoms with van der Waals surface area (Å²) in [5.74, 6) is 0.0319. The first-order valence-electron chi connectivity index (χ1n) is 6.01. The number of aromatic nitrogens is 2. The summed E-state index contributed by atoms with van der Waals surface area (Å²) in [5.41, 5.74) is 1.75. The normalized spacial score (nSPS) is 11.2. The minimum atomic E-state index is -2.92. The van der Waals surface area contributed by atoms with Gasteiger partial charge in [-0.15, -0.1) is 0 Å². The van der Waals surface area contributed by atoms with Gasteiger partial charge in [0.25, 0.3) is 0 Å². The summed E-state index contributed by atoms with van der Waals surface area (Å²) in [7, 11) is 0. The van der Waals surface area contributed by atoms with E-state index in [9.17, 15) is 8.78 Å². The molecule has 1 heterocycles. The molecule has 0 radical (unpaired) electrons. The molecule has 0 saturated carbocycles. The summed E-state index contributed by atoms with van der Waals surface area (Å²) in [6.07, 6.45) is 0. The molecule has 0 amide bonds. The molecule has 3 rings (SSSR count). The fourth-order valence-corrected chi connectivity index (χ4v) is 2.74. The Labute approximate surface area is 128 Å². The molecule has 0 spiro atoms.